The van der Waals surface area contributed by atoms with Crippen molar-refractivity contribution in [3.8, 4) is 0 Å². The number of amides is 2. The maximum Gasteiger partial charge on any atom is 0.321 e. The van der Waals surface area contributed by atoms with Crippen molar-refractivity contribution in [1.29, 1.82) is 0 Å². The molecule has 0 saturated carbocycles. The van der Waals surface area contributed by atoms with Gasteiger partial charge in [0.2, 0.25) is 0 Å². The van der Waals surface area contributed by atoms with Gasteiger partial charge in [-0.25, -0.2) is 4.79 Å². The van der Waals surface area contributed by atoms with Crippen LogP contribution in [0.5, 0.6) is 0 Å². The summed E-state index contributed by atoms with van der Waals surface area (Å²) in [5.41, 5.74) is 3.41. The number of benzene rings is 1. The minimum Gasteiger partial charge on any atom is -0.322 e. The molecule has 0 atom stereocenters. The van der Waals surface area contributed by atoms with Gasteiger partial charge in [-0.2, -0.15) is 0 Å². The highest BCUT2D eigenvalue weighted by Gasteiger charge is 2.23. The summed E-state index contributed by atoms with van der Waals surface area (Å²) in [4.78, 5) is 19.6. The van der Waals surface area contributed by atoms with E-state index in [1.165, 1.54) is 11.1 Å². The monoisotopic (exact) mass is 398 g/mol. The van der Waals surface area contributed by atoms with Crippen LogP contribution in [0.1, 0.15) is 37.8 Å². The number of urea groups is 1. The summed E-state index contributed by atoms with van der Waals surface area (Å²) >= 11 is 0. The molecule has 0 aliphatic carbocycles. The maximum atomic E-state index is 12.9. The molecule has 160 valence electrons. The van der Waals surface area contributed by atoms with Crippen molar-refractivity contribution in [1.82, 2.24) is 14.7 Å². The van der Waals surface area contributed by atoms with E-state index in [1.54, 1.807) is 0 Å². The molecule has 0 aromatic heterocycles. The van der Waals surface area contributed by atoms with Crippen LogP contribution in [0.25, 0.3) is 0 Å². The number of para-hydroxylation sites is 1. The van der Waals surface area contributed by atoms with E-state index in [1.807, 2.05) is 17.1 Å². The van der Waals surface area contributed by atoms with E-state index in [0.29, 0.717) is 5.92 Å². The van der Waals surface area contributed by atoms with Crippen molar-refractivity contribution < 1.29 is 4.79 Å². The zero-order valence-electron chi connectivity index (χ0n) is 18.5. The number of anilines is 1. The Balaban J connectivity index is 1.89. The fourth-order valence-electron chi connectivity index (χ4n) is 3.81. The van der Waals surface area contributed by atoms with Crippen molar-refractivity contribution in [3.63, 3.8) is 0 Å². The number of nitrogens with zero attached hydrogens (tertiary/aromatic N) is 3. The first kappa shape index (κ1) is 23.2. The van der Waals surface area contributed by atoms with E-state index in [-0.39, 0.29) is 6.03 Å². The Morgan fingerprint density at radius 2 is 1.83 bits per heavy atom. The molecule has 0 radical (unpaired) electrons. The minimum atomic E-state index is 0.0207. The van der Waals surface area contributed by atoms with E-state index in [9.17, 15) is 4.79 Å². The molecule has 1 aliphatic rings. The second-order valence-electron chi connectivity index (χ2n) is 7.99. The average Bonchev–Trinajstić information content (AvgIpc) is 2.72. The average molecular weight is 399 g/mol. The zero-order chi connectivity index (χ0) is 21.2. The highest BCUT2D eigenvalue weighted by atomic mass is 16.2. The molecule has 1 fully saturated rings. The lowest BCUT2D eigenvalue weighted by molar-refractivity contribution is 0.137. The molecule has 5 heteroatoms. The SMILES string of the molecule is C=CCN(CC=C)CCN1CCN(C(=O)Nc2c(CC)cccc2C(C)C)CC1. The molecule has 1 N–H and O–H groups in total. The van der Waals surface area contributed by atoms with Gasteiger partial charge in [0, 0.05) is 58.0 Å². The van der Waals surface area contributed by atoms with Crippen LogP contribution in [-0.4, -0.2) is 73.1 Å². The van der Waals surface area contributed by atoms with E-state index in [2.05, 4.69) is 67.2 Å². The molecule has 0 spiro atoms. The van der Waals surface area contributed by atoms with Crippen LogP contribution in [0.4, 0.5) is 10.5 Å². The molecule has 29 heavy (non-hydrogen) atoms. The number of hydrogen-bond acceptors (Lipinski definition) is 3. The molecule has 0 unspecified atom stereocenters. The summed E-state index contributed by atoms with van der Waals surface area (Å²) in [6.07, 6.45) is 4.78. The highest BCUT2D eigenvalue weighted by molar-refractivity contribution is 5.91. The lowest BCUT2D eigenvalue weighted by Gasteiger charge is -2.36. The minimum absolute atomic E-state index is 0.0207. The Morgan fingerprint density at radius 3 is 2.38 bits per heavy atom. The topological polar surface area (TPSA) is 38.8 Å². The van der Waals surface area contributed by atoms with Gasteiger partial charge in [0.05, 0.1) is 0 Å². The predicted molar refractivity (Wildman–Crippen MR) is 124 cm³/mol. The smallest absolute Gasteiger partial charge is 0.321 e. The molecule has 5 nitrogen and oxygen atoms in total. The summed E-state index contributed by atoms with van der Waals surface area (Å²) in [5.74, 6) is 0.378. The Morgan fingerprint density at radius 1 is 1.17 bits per heavy atom. The number of carbonyl (C=O) groups excluding carboxylic acids is 1. The Bertz CT molecular complexity index is 667. The van der Waals surface area contributed by atoms with Gasteiger partial charge in [-0.3, -0.25) is 9.80 Å². The van der Waals surface area contributed by atoms with Gasteiger partial charge in [-0.15, -0.1) is 13.2 Å². The number of piperazine rings is 1. The third kappa shape index (κ3) is 6.72. The summed E-state index contributed by atoms with van der Waals surface area (Å²) in [6.45, 7) is 21.2. The number of carbonyl (C=O) groups is 1. The lowest BCUT2D eigenvalue weighted by Crippen LogP contribution is -2.51. The first-order valence-electron chi connectivity index (χ1n) is 10.8. The molecule has 1 heterocycles. The quantitative estimate of drug-likeness (QED) is 0.601. The van der Waals surface area contributed by atoms with E-state index < -0.39 is 0 Å². The van der Waals surface area contributed by atoms with Crippen molar-refractivity contribution in [3.05, 3.63) is 54.6 Å². The Hall–Kier alpha value is -2.11. The predicted octanol–water partition coefficient (Wildman–Crippen LogP) is 4.20. The molecule has 2 rings (SSSR count). The number of rotatable bonds is 10. The van der Waals surface area contributed by atoms with Crippen LogP contribution in [0.3, 0.4) is 0 Å². The largest absolute Gasteiger partial charge is 0.322 e. The standard InChI is InChI=1S/C24H38N4O/c1-6-12-26(13-7-2)14-15-27-16-18-28(19-17-27)24(29)25-23-21(8-3)10-9-11-22(23)20(4)5/h6-7,9-11,20H,1-2,8,12-19H2,3-5H3,(H,25,29). The van der Waals surface area contributed by atoms with Crippen molar-refractivity contribution in [2.24, 2.45) is 0 Å². The molecular formula is C24H38N4O. The normalized spacial score (nSPS) is 15.0. The van der Waals surface area contributed by atoms with Gasteiger partial charge in [0.15, 0.2) is 0 Å². The summed E-state index contributed by atoms with van der Waals surface area (Å²) in [7, 11) is 0. The summed E-state index contributed by atoms with van der Waals surface area (Å²) in [5, 5.41) is 3.22. The Kier molecular flexibility index (Phi) is 9.42. The van der Waals surface area contributed by atoms with Gasteiger partial charge in [0.25, 0.3) is 0 Å². The van der Waals surface area contributed by atoms with Gasteiger partial charge in [-0.05, 0) is 23.5 Å². The number of aryl methyl sites for hydroxylation is 1. The van der Waals surface area contributed by atoms with E-state index >= 15 is 0 Å². The van der Waals surface area contributed by atoms with Crippen molar-refractivity contribution in [2.45, 2.75) is 33.1 Å². The first-order valence-corrected chi connectivity index (χ1v) is 10.8. The first-order chi connectivity index (χ1) is 14.0. The molecule has 0 bridgehead atoms. The van der Waals surface area contributed by atoms with Crippen LogP contribution < -0.4 is 5.32 Å². The van der Waals surface area contributed by atoms with Crippen LogP contribution in [0.15, 0.2) is 43.5 Å². The van der Waals surface area contributed by atoms with Crippen LogP contribution in [-0.2, 0) is 6.42 Å². The van der Waals surface area contributed by atoms with Gasteiger partial charge in [0.1, 0.15) is 0 Å². The van der Waals surface area contributed by atoms with Crippen LogP contribution in [0, 0.1) is 0 Å². The van der Waals surface area contributed by atoms with Crippen molar-refractivity contribution in [2.75, 3.05) is 57.7 Å². The summed E-state index contributed by atoms with van der Waals surface area (Å²) in [6, 6.07) is 6.34. The fraction of sp³-hybridized carbons (Fsp3) is 0.542. The molecule has 1 saturated heterocycles. The second kappa shape index (κ2) is 11.8. The van der Waals surface area contributed by atoms with Crippen molar-refractivity contribution >= 4 is 11.7 Å². The Labute approximate surface area is 177 Å². The van der Waals surface area contributed by atoms with Crippen LogP contribution in [0.2, 0.25) is 0 Å². The van der Waals surface area contributed by atoms with Gasteiger partial charge >= 0.3 is 6.03 Å². The number of nitrogens with one attached hydrogen (secondary N) is 1. The molecule has 1 aliphatic heterocycles. The van der Waals surface area contributed by atoms with E-state index in [4.69, 9.17) is 0 Å². The second-order valence-corrected chi connectivity index (χ2v) is 7.99. The van der Waals surface area contributed by atoms with Gasteiger partial charge < -0.3 is 10.2 Å². The maximum absolute atomic E-state index is 12.9. The third-order valence-corrected chi connectivity index (χ3v) is 5.58. The van der Waals surface area contributed by atoms with Gasteiger partial charge in [-0.1, -0.05) is 51.1 Å². The molecule has 1 aromatic carbocycles. The van der Waals surface area contributed by atoms with E-state index in [0.717, 1.165) is 64.5 Å². The zero-order valence-corrected chi connectivity index (χ0v) is 18.5. The van der Waals surface area contributed by atoms with Crippen LogP contribution >= 0.6 is 0 Å². The fourth-order valence-corrected chi connectivity index (χ4v) is 3.81. The third-order valence-electron chi connectivity index (χ3n) is 5.58. The molecule has 2 amide bonds. The lowest BCUT2D eigenvalue weighted by atomic mass is 9.96. The molecular weight excluding hydrogens is 360 g/mol. The highest BCUT2D eigenvalue weighted by Crippen LogP contribution is 2.28. The number of hydrogen-bond donors (Lipinski definition) is 1. The summed E-state index contributed by atoms with van der Waals surface area (Å²) < 4.78 is 0. The molecule has 1 aromatic rings.